The molecule has 0 aliphatic rings. The fourth-order valence-corrected chi connectivity index (χ4v) is 7.36. The standard InChI is InChI=1S/C65H102O6/c1-4-7-10-13-16-19-22-25-28-30-32-34-37-40-43-46-49-52-55-58-64(67)70-61-62(60-69-63(66)57-54-51-48-45-42-39-36-27-24-21-18-15-12-9-6-3)71-65(68)59-56-53-50-47-44-41-38-35-33-31-29-26-23-20-17-14-11-8-5-2/h7,9-10,12-13,15-26,28,30,32,34,37,40,43,62H,4-6,8,11,14,27,29,31,33,35-36,38-39,41-42,44-61H2,1-3H3/b10-7-,12-9-,16-13-,18-15-,20-17-,22-19-,24-21-,26-23-,28-25-,32-30+,37-34-,43-40-. The van der Waals surface area contributed by atoms with E-state index >= 15 is 0 Å². The van der Waals surface area contributed by atoms with E-state index < -0.39 is 6.10 Å². The molecule has 1 atom stereocenters. The molecule has 0 saturated carbocycles. The van der Waals surface area contributed by atoms with Crippen LogP contribution in [-0.4, -0.2) is 37.2 Å². The first-order valence-electron chi connectivity index (χ1n) is 28.5. The van der Waals surface area contributed by atoms with E-state index in [-0.39, 0.29) is 31.1 Å². The third kappa shape index (κ3) is 56.1. The van der Waals surface area contributed by atoms with Crippen molar-refractivity contribution in [1.82, 2.24) is 0 Å². The highest BCUT2D eigenvalue weighted by molar-refractivity contribution is 5.71. The highest BCUT2D eigenvalue weighted by atomic mass is 16.6. The number of carbonyl (C=O) groups is 3. The number of carbonyl (C=O) groups excluding carboxylic acids is 3. The summed E-state index contributed by atoms with van der Waals surface area (Å²) in [5.41, 5.74) is 0. The molecular formula is C65H102O6. The summed E-state index contributed by atoms with van der Waals surface area (Å²) in [5, 5.41) is 0. The topological polar surface area (TPSA) is 78.9 Å². The van der Waals surface area contributed by atoms with Crippen LogP contribution in [0.1, 0.15) is 226 Å². The fraction of sp³-hybridized carbons (Fsp3) is 0.585. The molecular weight excluding hydrogens is 877 g/mol. The van der Waals surface area contributed by atoms with Crippen molar-refractivity contribution in [2.75, 3.05) is 13.2 Å². The molecule has 398 valence electrons. The molecule has 0 aliphatic carbocycles. The third-order valence-electron chi connectivity index (χ3n) is 11.6. The number of unbranched alkanes of at least 4 members (excludes halogenated alkanes) is 23. The molecule has 0 heterocycles. The molecule has 6 nitrogen and oxygen atoms in total. The zero-order valence-electron chi connectivity index (χ0n) is 45.4. The number of hydrogen-bond donors (Lipinski definition) is 0. The van der Waals surface area contributed by atoms with Crippen molar-refractivity contribution in [1.29, 1.82) is 0 Å². The van der Waals surface area contributed by atoms with Crippen LogP contribution < -0.4 is 0 Å². The minimum atomic E-state index is -0.811. The van der Waals surface area contributed by atoms with Gasteiger partial charge in [-0.2, -0.15) is 0 Å². The van der Waals surface area contributed by atoms with Gasteiger partial charge in [0.15, 0.2) is 6.10 Å². The average molecular weight is 980 g/mol. The Morgan fingerprint density at radius 2 is 0.549 bits per heavy atom. The van der Waals surface area contributed by atoms with Crippen LogP contribution in [0.2, 0.25) is 0 Å². The Morgan fingerprint density at radius 1 is 0.296 bits per heavy atom. The summed E-state index contributed by atoms with van der Waals surface area (Å²) in [6.07, 6.45) is 82.5. The lowest BCUT2D eigenvalue weighted by Crippen LogP contribution is -2.30. The Hall–Kier alpha value is -4.71. The molecule has 0 amide bonds. The summed E-state index contributed by atoms with van der Waals surface area (Å²) in [7, 11) is 0. The number of hydrogen-bond acceptors (Lipinski definition) is 6. The predicted molar refractivity (Wildman–Crippen MR) is 306 cm³/mol. The quantitative estimate of drug-likeness (QED) is 0.0262. The van der Waals surface area contributed by atoms with Crippen LogP contribution in [0.4, 0.5) is 0 Å². The smallest absolute Gasteiger partial charge is 0.306 e. The Morgan fingerprint density at radius 3 is 0.887 bits per heavy atom. The van der Waals surface area contributed by atoms with Gasteiger partial charge in [-0.25, -0.2) is 0 Å². The lowest BCUT2D eigenvalue weighted by atomic mass is 10.1. The second kappa shape index (κ2) is 57.9. The van der Waals surface area contributed by atoms with E-state index in [0.717, 1.165) is 83.5 Å². The highest BCUT2D eigenvalue weighted by Gasteiger charge is 2.19. The van der Waals surface area contributed by atoms with Gasteiger partial charge in [-0.1, -0.05) is 269 Å². The monoisotopic (exact) mass is 979 g/mol. The molecule has 0 fully saturated rings. The molecule has 0 saturated heterocycles. The molecule has 0 N–H and O–H groups in total. The molecule has 0 aliphatic heterocycles. The predicted octanol–water partition coefficient (Wildman–Crippen LogP) is 19.2. The summed E-state index contributed by atoms with van der Waals surface area (Å²) in [4.78, 5) is 38.2. The van der Waals surface area contributed by atoms with Gasteiger partial charge in [-0.05, 0) is 83.5 Å². The van der Waals surface area contributed by atoms with E-state index in [2.05, 4.69) is 93.7 Å². The maximum absolute atomic E-state index is 12.9. The SMILES string of the molecule is CC\C=C/C=C\C=C/C=C\C=C\C=C/C=C\CCCCCC(=O)OCC(COC(=O)CCCCCCCCC\C=C/C=C\C=C/CC)OC(=O)CCCCCCCCCCCC/C=C\C=C/CCCCC. The number of rotatable bonds is 49. The minimum Gasteiger partial charge on any atom is -0.462 e. The minimum absolute atomic E-state index is 0.107. The fourth-order valence-electron chi connectivity index (χ4n) is 7.36. The number of allylic oxidation sites excluding steroid dienone is 24. The number of esters is 3. The van der Waals surface area contributed by atoms with Gasteiger partial charge >= 0.3 is 17.9 Å². The third-order valence-corrected chi connectivity index (χ3v) is 11.6. The van der Waals surface area contributed by atoms with Crippen LogP contribution >= 0.6 is 0 Å². The highest BCUT2D eigenvalue weighted by Crippen LogP contribution is 2.15. The molecule has 0 aromatic carbocycles. The Labute approximate surface area is 436 Å². The maximum Gasteiger partial charge on any atom is 0.306 e. The van der Waals surface area contributed by atoms with Crippen molar-refractivity contribution < 1.29 is 28.6 Å². The Bertz CT molecular complexity index is 1590. The van der Waals surface area contributed by atoms with Gasteiger partial charge in [0.25, 0.3) is 0 Å². The zero-order valence-corrected chi connectivity index (χ0v) is 45.4. The van der Waals surface area contributed by atoms with E-state index in [1.165, 1.54) is 103 Å². The van der Waals surface area contributed by atoms with Crippen LogP contribution in [0.3, 0.4) is 0 Å². The zero-order chi connectivity index (χ0) is 51.4. The summed E-state index contributed by atoms with van der Waals surface area (Å²) in [6, 6.07) is 0. The average Bonchev–Trinajstić information content (AvgIpc) is 3.37. The molecule has 0 radical (unpaired) electrons. The van der Waals surface area contributed by atoms with Crippen molar-refractivity contribution >= 4 is 17.9 Å². The molecule has 0 bridgehead atoms. The summed E-state index contributed by atoms with van der Waals surface area (Å²) < 4.78 is 16.8. The van der Waals surface area contributed by atoms with E-state index in [4.69, 9.17) is 14.2 Å². The molecule has 6 heteroatoms. The van der Waals surface area contributed by atoms with Crippen molar-refractivity contribution in [2.24, 2.45) is 0 Å². The first-order chi connectivity index (χ1) is 35.0. The summed E-state index contributed by atoms with van der Waals surface area (Å²) in [5.74, 6) is -0.973. The number of ether oxygens (including phenoxy) is 3. The van der Waals surface area contributed by atoms with Gasteiger partial charge in [-0.3, -0.25) is 14.4 Å². The van der Waals surface area contributed by atoms with Crippen molar-refractivity contribution in [3.8, 4) is 0 Å². The van der Waals surface area contributed by atoms with Crippen LogP contribution in [0.25, 0.3) is 0 Å². The van der Waals surface area contributed by atoms with E-state index in [9.17, 15) is 14.4 Å². The first-order valence-corrected chi connectivity index (χ1v) is 28.5. The van der Waals surface area contributed by atoms with Crippen molar-refractivity contribution in [3.05, 3.63) is 146 Å². The van der Waals surface area contributed by atoms with Crippen LogP contribution in [-0.2, 0) is 28.6 Å². The Kier molecular flexibility index (Phi) is 54.0. The second-order valence-corrected chi connectivity index (χ2v) is 18.4. The normalized spacial score (nSPS) is 13.2. The van der Waals surface area contributed by atoms with Gasteiger partial charge in [0.2, 0.25) is 0 Å². The summed E-state index contributed by atoms with van der Waals surface area (Å²) in [6.45, 7) is 6.28. The van der Waals surface area contributed by atoms with Gasteiger partial charge in [0.1, 0.15) is 13.2 Å². The van der Waals surface area contributed by atoms with Crippen molar-refractivity contribution in [2.45, 2.75) is 232 Å². The Balaban J connectivity index is 4.53. The lowest BCUT2D eigenvalue weighted by Gasteiger charge is -2.18. The van der Waals surface area contributed by atoms with Gasteiger partial charge in [-0.15, -0.1) is 0 Å². The van der Waals surface area contributed by atoms with Crippen LogP contribution in [0, 0.1) is 0 Å². The molecule has 0 rings (SSSR count). The maximum atomic E-state index is 12.9. The van der Waals surface area contributed by atoms with E-state index in [0.29, 0.717) is 19.3 Å². The second-order valence-electron chi connectivity index (χ2n) is 18.4. The molecule has 0 aromatic heterocycles. The molecule has 0 aromatic rings. The van der Waals surface area contributed by atoms with Gasteiger partial charge in [0.05, 0.1) is 0 Å². The first kappa shape index (κ1) is 66.3. The van der Waals surface area contributed by atoms with Crippen molar-refractivity contribution in [3.63, 3.8) is 0 Å². The summed E-state index contributed by atoms with van der Waals surface area (Å²) >= 11 is 0. The molecule has 71 heavy (non-hydrogen) atoms. The van der Waals surface area contributed by atoms with E-state index in [1.54, 1.807) is 0 Å². The van der Waals surface area contributed by atoms with Gasteiger partial charge < -0.3 is 14.2 Å². The molecule has 0 spiro atoms. The lowest BCUT2D eigenvalue weighted by molar-refractivity contribution is -0.167. The van der Waals surface area contributed by atoms with Crippen LogP contribution in [0.5, 0.6) is 0 Å². The molecule has 1 unspecified atom stereocenters. The largest absolute Gasteiger partial charge is 0.462 e. The van der Waals surface area contributed by atoms with E-state index in [1.807, 2.05) is 72.9 Å². The van der Waals surface area contributed by atoms with Gasteiger partial charge in [0, 0.05) is 19.3 Å². The van der Waals surface area contributed by atoms with Crippen LogP contribution in [0.15, 0.2) is 146 Å².